The monoisotopic (exact) mass is 302 g/mol. The van der Waals surface area contributed by atoms with E-state index in [2.05, 4.69) is 0 Å². The highest BCUT2D eigenvalue weighted by molar-refractivity contribution is 7.90. The second kappa shape index (κ2) is 5.04. The van der Waals surface area contributed by atoms with Crippen LogP contribution in [-0.2, 0) is 15.6 Å². The van der Waals surface area contributed by atoms with Crippen molar-refractivity contribution in [2.24, 2.45) is 0 Å². The number of aromatic carboxylic acids is 1. The Hall–Kier alpha value is -2.22. The first-order valence-corrected chi connectivity index (χ1v) is 6.93. The molecule has 5 nitrogen and oxygen atoms in total. The van der Waals surface area contributed by atoms with Gasteiger partial charge in [-0.1, -0.05) is 0 Å². The Labute approximate surface area is 112 Å². The van der Waals surface area contributed by atoms with E-state index in [0.29, 0.717) is 6.07 Å². The first kappa shape index (κ1) is 14.2. The van der Waals surface area contributed by atoms with Crippen LogP contribution in [0.3, 0.4) is 0 Å². The summed E-state index contributed by atoms with van der Waals surface area (Å²) in [4.78, 5) is 9.96. The highest BCUT2D eigenvalue weighted by atomic mass is 32.2. The summed E-state index contributed by atoms with van der Waals surface area (Å²) in [6, 6.07) is 3.11. The van der Waals surface area contributed by atoms with Gasteiger partial charge in [-0.15, -0.1) is 0 Å². The zero-order chi connectivity index (χ0) is 14.9. The van der Waals surface area contributed by atoms with Crippen LogP contribution in [0.5, 0.6) is 0 Å². The molecule has 0 atom stereocenters. The minimum atomic E-state index is -4.10. The molecule has 1 heterocycles. The van der Waals surface area contributed by atoms with E-state index in [0.717, 1.165) is 24.5 Å². The maximum atomic E-state index is 13.4. The lowest BCUT2D eigenvalue weighted by Gasteiger charge is -2.03. The summed E-state index contributed by atoms with van der Waals surface area (Å²) in [5.74, 6) is -4.25. The number of carboxylic acids is 1. The van der Waals surface area contributed by atoms with E-state index in [4.69, 9.17) is 9.52 Å². The number of carboxylic acid groups (broad SMARTS) is 1. The second-order valence-corrected chi connectivity index (χ2v) is 5.90. The number of benzene rings is 1. The van der Waals surface area contributed by atoms with Crippen molar-refractivity contribution in [3.8, 4) is 0 Å². The second-order valence-electron chi connectivity index (χ2n) is 3.94. The molecule has 0 spiro atoms. The van der Waals surface area contributed by atoms with Gasteiger partial charge in [-0.25, -0.2) is 22.0 Å². The molecule has 0 radical (unpaired) electrons. The topological polar surface area (TPSA) is 84.6 Å². The third-order valence-electron chi connectivity index (χ3n) is 2.46. The van der Waals surface area contributed by atoms with Crippen molar-refractivity contribution >= 4 is 15.8 Å². The summed E-state index contributed by atoms with van der Waals surface area (Å²) in [6.45, 7) is 0. The molecule has 0 saturated carbocycles. The fourth-order valence-corrected chi connectivity index (χ4v) is 2.87. The molecule has 20 heavy (non-hydrogen) atoms. The van der Waals surface area contributed by atoms with Crippen LogP contribution >= 0.6 is 0 Å². The number of carbonyl (C=O) groups is 1. The number of rotatable bonds is 4. The predicted molar refractivity (Wildman–Crippen MR) is 62.9 cm³/mol. The molecular formula is C12H8F2O5S. The maximum absolute atomic E-state index is 13.4. The van der Waals surface area contributed by atoms with E-state index in [-0.39, 0.29) is 11.3 Å². The molecule has 0 unspecified atom stereocenters. The third kappa shape index (κ3) is 2.85. The van der Waals surface area contributed by atoms with E-state index < -0.39 is 38.1 Å². The fraction of sp³-hybridized carbons (Fsp3) is 0.0833. The minimum absolute atomic E-state index is 0.147. The van der Waals surface area contributed by atoms with Crippen LogP contribution in [0.1, 0.15) is 16.1 Å². The molecule has 8 heteroatoms. The van der Waals surface area contributed by atoms with Crippen molar-refractivity contribution in [1.29, 1.82) is 0 Å². The summed E-state index contributed by atoms with van der Waals surface area (Å²) in [6.07, 6.45) is 0.883. The van der Waals surface area contributed by atoms with Gasteiger partial charge in [0.15, 0.2) is 9.84 Å². The Balaban J connectivity index is 2.33. The molecule has 0 aliphatic heterocycles. The average Bonchev–Trinajstić information content (AvgIpc) is 2.76. The van der Waals surface area contributed by atoms with Crippen molar-refractivity contribution in [2.75, 3.05) is 0 Å². The van der Waals surface area contributed by atoms with Crippen LogP contribution < -0.4 is 0 Å². The van der Waals surface area contributed by atoms with Gasteiger partial charge in [0.2, 0.25) is 0 Å². The zero-order valence-corrected chi connectivity index (χ0v) is 10.7. The largest absolute Gasteiger partial charge is 0.478 e. The lowest BCUT2D eigenvalue weighted by atomic mass is 10.3. The molecule has 2 aromatic rings. The van der Waals surface area contributed by atoms with E-state index >= 15 is 0 Å². The molecule has 0 saturated heterocycles. The molecule has 1 aromatic heterocycles. The Morgan fingerprint density at radius 1 is 1.25 bits per heavy atom. The standard InChI is InChI=1S/C12H8F2O5S/c13-8-1-2-11(10(14)4-8)20(17,18)6-9-3-7(5-19-9)12(15)16/h1-5H,6H2,(H,15,16). The molecule has 1 aromatic carbocycles. The molecule has 106 valence electrons. The van der Waals surface area contributed by atoms with Gasteiger partial charge < -0.3 is 9.52 Å². The van der Waals surface area contributed by atoms with Crippen molar-refractivity contribution in [1.82, 2.24) is 0 Å². The summed E-state index contributed by atoms with van der Waals surface area (Å²) < 4.78 is 54.9. The van der Waals surface area contributed by atoms with Gasteiger partial charge in [0.1, 0.15) is 34.3 Å². The van der Waals surface area contributed by atoms with Crippen LogP contribution in [0, 0.1) is 11.6 Å². The first-order valence-electron chi connectivity index (χ1n) is 5.28. The van der Waals surface area contributed by atoms with E-state index in [9.17, 15) is 22.0 Å². The number of furan rings is 1. The van der Waals surface area contributed by atoms with Crippen molar-refractivity contribution in [3.05, 3.63) is 53.5 Å². The Morgan fingerprint density at radius 2 is 1.95 bits per heavy atom. The predicted octanol–water partition coefficient (Wildman–Crippen LogP) is 2.23. The molecular weight excluding hydrogens is 294 g/mol. The molecule has 2 rings (SSSR count). The van der Waals surface area contributed by atoms with Gasteiger partial charge in [-0.3, -0.25) is 0 Å². The smallest absolute Gasteiger partial charge is 0.338 e. The van der Waals surface area contributed by atoms with Crippen molar-refractivity contribution in [3.63, 3.8) is 0 Å². The molecule has 0 amide bonds. The highest BCUT2D eigenvalue weighted by Crippen LogP contribution is 2.21. The van der Waals surface area contributed by atoms with Crippen LogP contribution in [0.4, 0.5) is 8.78 Å². The summed E-state index contributed by atoms with van der Waals surface area (Å²) in [7, 11) is -4.10. The van der Waals surface area contributed by atoms with Crippen LogP contribution in [-0.4, -0.2) is 19.5 Å². The van der Waals surface area contributed by atoms with Gasteiger partial charge >= 0.3 is 5.97 Å². The van der Waals surface area contributed by atoms with Crippen LogP contribution in [0.25, 0.3) is 0 Å². The quantitative estimate of drug-likeness (QED) is 0.875. The fourth-order valence-electron chi connectivity index (χ4n) is 1.56. The lowest BCUT2D eigenvalue weighted by Crippen LogP contribution is -2.07. The Bertz CT molecular complexity index is 764. The van der Waals surface area contributed by atoms with Crippen LogP contribution in [0.2, 0.25) is 0 Å². The summed E-state index contributed by atoms with van der Waals surface area (Å²) in [5, 5.41) is 8.68. The number of hydrogen-bond acceptors (Lipinski definition) is 4. The Kier molecular flexibility index (Phi) is 3.58. The van der Waals surface area contributed by atoms with Gasteiger partial charge in [0.05, 0.1) is 5.56 Å². The van der Waals surface area contributed by atoms with E-state index in [1.54, 1.807) is 0 Å². The molecule has 0 aliphatic rings. The lowest BCUT2D eigenvalue weighted by molar-refractivity contribution is 0.0696. The molecule has 0 aliphatic carbocycles. The van der Waals surface area contributed by atoms with Gasteiger partial charge in [-0.05, 0) is 18.2 Å². The van der Waals surface area contributed by atoms with Gasteiger partial charge in [-0.2, -0.15) is 0 Å². The van der Waals surface area contributed by atoms with E-state index in [1.807, 2.05) is 0 Å². The highest BCUT2D eigenvalue weighted by Gasteiger charge is 2.22. The number of hydrogen-bond donors (Lipinski definition) is 1. The van der Waals surface area contributed by atoms with E-state index in [1.165, 1.54) is 0 Å². The van der Waals surface area contributed by atoms with Gasteiger partial charge in [0, 0.05) is 6.07 Å². The van der Waals surface area contributed by atoms with Crippen molar-refractivity contribution < 1.29 is 31.5 Å². The number of sulfone groups is 1. The molecule has 1 N–H and O–H groups in total. The summed E-state index contributed by atoms with van der Waals surface area (Å²) >= 11 is 0. The average molecular weight is 302 g/mol. The van der Waals surface area contributed by atoms with Crippen LogP contribution in [0.15, 0.2) is 39.8 Å². The number of halogens is 2. The normalized spacial score (nSPS) is 11.5. The molecule has 0 bridgehead atoms. The first-order chi connectivity index (χ1) is 9.29. The zero-order valence-electron chi connectivity index (χ0n) is 9.84. The SMILES string of the molecule is O=C(O)c1coc(CS(=O)(=O)c2ccc(F)cc2F)c1. The summed E-state index contributed by atoms with van der Waals surface area (Å²) in [5.41, 5.74) is -0.213. The Morgan fingerprint density at radius 3 is 2.50 bits per heavy atom. The third-order valence-corrected chi connectivity index (χ3v) is 4.13. The van der Waals surface area contributed by atoms with Crippen molar-refractivity contribution in [2.45, 2.75) is 10.6 Å². The minimum Gasteiger partial charge on any atom is -0.478 e. The van der Waals surface area contributed by atoms with Gasteiger partial charge in [0.25, 0.3) is 0 Å². The maximum Gasteiger partial charge on any atom is 0.338 e. The molecule has 0 fully saturated rings.